The molecule has 11 heteroatoms. The van der Waals surface area contributed by atoms with Crippen LogP contribution in [-0.2, 0) is 25.7 Å². The Morgan fingerprint density at radius 2 is 1.65 bits per heavy atom. The average molecular weight is 639 g/mol. The zero-order chi connectivity index (χ0) is 33.0. The lowest BCUT2D eigenvalue weighted by Crippen LogP contribution is -2.29. The number of amides is 1. The van der Waals surface area contributed by atoms with Gasteiger partial charge < -0.3 is 19.3 Å². The number of carbonyl (C=O) groups excluding carboxylic acids is 4. The van der Waals surface area contributed by atoms with Gasteiger partial charge >= 0.3 is 17.8 Å². The number of aliphatic hydroxyl groups is 1. The minimum Gasteiger partial charge on any atom is -0.507 e. The van der Waals surface area contributed by atoms with Gasteiger partial charge in [-0.05, 0) is 66.9 Å². The third-order valence-corrected chi connectivity index (χ3v) is 8.52. The van der Waals surface area contributed by atoms with E-state index in [-0.39, 0.29) is 33.3 Å². The lowest BCUT2D eigenvalue weighted by molar-refractivity contribution is -0.132. The van der Waals surface area contributed by atoms with Crippen LogP contribution in [0.3, 0.4) is 0 Å². The highest BCUT2D eigenvalue weighted by molar-refractivity contribution is 7.17. The van der Waals surface area contributed by atoms with Gasteiger partial charge in [0.2, 0.25) is 0 Å². The number of aromatic nitrogens is 1. The summed E-state index contributed by atoms with van der Waals surface area (Å²) in [5.74, 6) is -2.97. The summed E-state index contributed by atoms with van der Waals surface area (Å²) in [5, 5.41) is 11.6. The minimum absolute atomic E-state index is 0.0156. The Hall–Kier alpha value is -5.55. The Kier molecular flexibility index (Phi) is 9.43. The molecular weight excluding hydrogens is 608 g/mol. The lowest BCUT2D eigenvalue weighted by Gasteiger charge is -2.23. The first kappa shape index (κ1) is 31.9. The van der Waals surface area contributed by atoms with Crippen molar-refractivity contribution in [3.05, 3.63) is 129 Å². The van der Waals surface area contributed by atoms with Crippen LogP contribution < -0.4 is 9.64 Å². The number of methoxy groups -OCH3 is 1. The van der Waals surface area contributed by atoms with Gasteiger partial charge in [0.25, 0.3) is 5.78 Å². The molecule has 0 spiro atoms. The van der Waals surface area contributed by atoms with Gasteiger partial charge in [-0.15, -0.1) is 0 Å². The molecule has 1 amide bonds. The van der Waals surface area contributed by atoms with E-state index in [0.717, 1.165) is 27.4 Å². The predicted molar refractivity (Wildman–Crippen MR) is 172 cm³/mol. The number of carbonyl (C=O) groups is 4. The molecule has 3 aromatic carbocycles. The maximum absolute atomic E-state index is 13.6. The molecule has 1 fully saturated rings. The summed E-state index contributed by atoms with van der Waals surface area (Å²) in [6.45, 7) is 7.45. The number of aryl methyl sites for hydroxylation is 2. The van der Waals surface area contributed by atoms with Crippen molar-refractivity contribution in [2.75, 3.05) is 18.6 Å². The number of nitrogens with zero attached hydrogens (tertiary/aromatic N) is 2. The Morgan fingerprint density at radius 3 is 2.30 bits per heavy atom. The fourth-order valence-electron chi connectivity index (χ4n) is 4.94. The fourth-order valence-corrected chi connectivity index (χ4v) is 5.92. The third-order valence-electron chi connectivity index (χ3n) is 7.38. The van der Waals surface area contributed by atoms with Gasteiger partial charge in [0.05, 0.1) is 30.0 Å². The van der Waals surface area contributed by atoms with Crippen LogP contribution in [0.2, 0.25) is 0 Å². The molecule has 46 heavy (non-hydrogen) atoms. The van der Waals surface area contributed by atoms with E-state index in [1.54, 1.807) is 43.3 Å². The molecule has 1 aliphatic heterocycles. The largest absolute Gasteiger partial charge is 0.507 e. The highest BCUT2D eigenvalue weighted by atomic mass is 32.1. The zero-order valence-corrected chi connectivity index (χ0v) is 26.1. The smallest absolute Gasteiger partial charge is 0.350 e. The molecule has 0 radical (unpaired) electrons. The third kappa shape index (κ3) is 6.31. The Bertz CT molecular complexity index is 1860. The number of ether oxygens (including phenoxy) is 3. The quantitative estimate of drug-likeness (QED) is 0.0720. The molecule has 4 aromatic rings. The van der Waals surface area contributed by atoms with Gasteiger partial charge in [-0.25, -0.2) is 14.6 Å². The van der Waals surface area contributed by atoms with Crippen LogP contribution in [0.5, 0.6) is 5.75 Å². The highest BCUT2D eigenvalue weighted by Gasteiger charge is 2.48. The van der Waals surface area contributed by atoms with Crippen molar-refractivity contribution in [2.24, 2.45) is 0 Å². The molecule has 2 heterocycles. The van der Waals surface area contributed by atoms with Crippen molar-refractivity contribution >= 4 is 45.9 Å². The number of thiazole rings is 1. The average Bonchev–Trinajstić information content (AvgIpc) is 3.58. The van der Waals surface area contributed by atoms with Crippen molar-refractivity contribution < 1.29 is 38.5 Å². The number of ketones is 1. The van der Waals surface area contributed by atoms with Gasteiger partial charge in [-0.1, -0.05) is 60.4 Å². The van der Waals surface area contributed by atoms with E-state index in [2.05, 4.69) is 11.6 Å². The molecule has 234 valence electrons. The zero-order valence-electron chi connectivity index (χ0n) is 25.3. The number of benzene rings is 3. The predicted octanol–water partition coefficient (Wildman–Crippen LogP) is 6.09. The van der Waals surface area contributed by atoms with Crippen molar-refractivity contribution in [1.29, 1.82) is 0 Å². The Morgan fingerprint density at radius 1 is 0.978 bits per heavy atom. The van der Waals surface area contributed by atoms with Crippen LogP contribution in [-0.4, -0.2) is 47.4 Å². The number of anilines is 1. The summed E-state index contributed by atoms with van der Waals surface area (Å²) in [4.78, 5) is 57.6. The molecule has 0 bridgehead atoms. The monoisotopic (exact) mass is 638 g/mol. The van der Waals surface area contributed by atoms with E-state index in [4.69, 9.17) is 14.2 Å². The minimum atomic E-state index is -1.13. The lowest BCUT2D eigenvalue weighted by atomic mass is 9.94. The number of aliphatic hydroxyl groups excluding tert-OH is 1. The molecule has 1 aromatic heterocycles. The van der Waals surface area contributed by atoms with Crippen LogP contribution in [0.15, 0.2) is 91.0 Å². The summed E-state index contributed by atoms with van der Waals surface area (Å²) in [5.41, 5.74) is 3.18. The van der Waals surface area contributed by atoms with E-state index in [0.29, 0.717) is 23.6 Å². The van der Waals surface area contributed by atoms with Crippen molar-refractivity contribution in [1.82, 2.24) is 4.98 Å². The van der Waals surface area contributed by atoms with Crippen LogP contribution in [0, 0.1) is 13.8 Å². The molecule has 10 nitrogen and oxygen atoms in total. The van der Waals surface area contributed by atoms with Crippen molar-refractivity contribution in [3.8, 4) is 5.75 Å². The van der Waals surface area contributed by atoms with Crippen LogP contribution in [0.25, 0.3) is 5.76 Å². The SMILES string of the molecule is C=CCOC(=O)c1sc(N2C(=O)C(=O)/C(=C(/O)c3ccc(OCc4ccccc4C)cc3)C2c2ccc(C(=O)OC)cc2)nc1C. The number of hydrogen-bond donors (Lipinski definition) is 1. The van der Waals surface area contributed by atoms with E-state index in [1.165, 1.54) is 25.3 Å². The van der Waals surface area contributed by atoms with Gasteiger partial charge in [-0.3, -0.25) is 14.5 Å². The first-order valence-corrected chi connectivity index (χ1v) is 15.0. The van der Waals surface area contributed by atoms with Crippen LogP contribution in [0.4, 0.5) is 5.13 Å². The standard InChI is InChI=1S/C35H30N2O8S/c1-5-18-44-34(42)31-21(3)36-35(46-31)37-28(22-10-12-24(13-11-22)33(41)43-4)27(30(39)32(37)40)29(38)23-14-16-26(17-15-23)45-19-25-9-7-6-8-20(25)2/h5-17,28,38H,1,18-19H2,2-4H3/b29-27+. The molecule has 1 saturated heterocycles. The normalized spacial score (nSPS) is 15.5. The molecule has 1 aliphatic rings. The Labute approximate surface area is 269 Å². The number of Topliss-reactive ketones (excluding diaryl/α,β-unsaturated/α-hetero) is 1. The maximum atomic E-state index is 13.6. The summed E-state index contributed by atoms with van der Waals surface area (Å²) in [7, 11) is 1.26. The van der Waals surface area contributed by atoms with E-state index < -0.39 is 35.4 Å². The number of esters is 2. The van der Waals surface area contributed by atoms with Gasteiger partial charge in [0, 0.05) is 5.56 Å². The number of rotatable bonds is 10. The maximum Gasteiger partial charge on any atom is 0.350 e. The van der Waals surface area contributed by atoms with Crippen LogP contribution >= 0.6 is 11.3 Å². The fraction of sp³-hybridized carbons (Fsp3) is 0.171. The van der Waals surface area contributed by atoms with E-state index in [1.807, 2.05) is 31.2 Å². The second-order valence-electron chi connectivity index (χ2n) is 10.3. The summed E-state index contributed by atoms with van der Waals surface area (Å²) in [6.07, 6.45) is 1.43. The molecule has 1 unspecified atom stereocenters. The molecular formula is C35H30N2O8S. The van der Waals surface area contributed by atoms with Gasteiger partial charge in [0.15, 0.2) is 5.13 Å². The van der Waals surface area contributed by atoms with Crippen molar-refractivity contribution in [3.63, 3.8) is 0 Å². The molecule has 5 rings (SSSR count). The summed E-state index contributed by atoms with van der Waals surface area (Å²) < 4.78 is 15.9. The van der Waals surface area contributed by atoms with E-state index >= 15 is 0 Å². The van der Waals surface area contributed by atoms with Crippen molar-refractivity contribution in [2.45, 2.75) is 26.5 Å². The molecule has 0 aliphatic carbocycles. The first-order valence-electron chi connectivity index (χ1n) is 14.2. The second-order valence-corrected chi connectivity index (χ2v) is 11.3. The first-order chi connectivity index (χ1) is 22.1. The molecule has 1 N–H and O–H groups in total. The van der Waals surface area contributed by atoms with Gasteiger partial charge in [-0.2, -0.15) is 0 Å². The van der Waals surface area contributed by atoms with E-state index in [9.17, 15) is 24.3 Å². The summed E-state index contributed by atoms with van der Waals surface area (Å²) in [6, 6.07) is 19.3. The van der Waals surface area contributed by atoms with Crippen LogP contribution in [0.1, 0.15) is 54.0 Å². The second kappa shape index (κ2) is 13.6. The highest BCUT2D eigenvalue weighted by Crippen LogP contribution is 2.44. The number of hydrogen-bond acceptors (Lipinski definition) is 10. The molecule has 1 atom stereocenters. The Balaban J connectivity index is 1.54. The van der Waals surface area contributed by atoms with Gasteiger partial charge in [0.1, 0.15) is 29.6 Å². The molecule has 0 saturated carbocycles. The topological polar surface area (TPSA) is 132 Å². The summed E-state index contributed by atoms with van der Waals surface area (Å²) >= 11 is 0.885.